The van der Waals surface area contributed by atoms with E-state index in [1.165, 1.54) is 13.5 Å². The number of ether oxygens (including phenoxy) is 1. The quantitative estimate of drug-likeness (QED) is 0.831. The molecular weight excluding hydrogens is 330 g/mol. The lowest BCUT2D eigenvalue weighted by atomic mass is 9.47. The third-order valence-electron chi connectivity index (χ3n) is 6.74. The molecule has 2 aromatic rings. The predicted octanol–water partition coefficient (Wildman–Crippen LogP) is 2.80. The van der Waals surface area contributed by atoms with Crippen LogP contribution >= 0.6 is 0 Å². The fourth-order valence-corrected chi connectivity index (χ4v) is 6.25. The number of rotatable bonds is 3. The predicted molar refractivity (Wildman–Crippen MR) is 95.4 cm³/mol. The Labute approximate surface area is 151 Å². The number of aromatic nitrogens is 2. The van der Waals surface area contributed by atoms with E-state index in [1.807, 2.05) is 18.2 Å². The maximum atomic E-state index is 13.0. The Balaban J connectivity index is 1.44. The van der Waals surface area contributed by atoms with E-state index in [4.69, 9.17) is 4.74 Å². The zero-order valence-corrected chi connectivity index (χ0v) is 14.9. The lowest BCUT2D eigenvalue weighted by molar-refractivity contribution is -0.171. The summed E-state index contributed by atoms with van der Waals surface area (Å²) in [4.78, 5) is 32.8. The number of nitrogens with zero attached hydrogens (tertiary/aromatic N) is 1. The van der Waals surface area contributed by atoms with Crippen LogP contribution in [0.3, 0.4) is 0 Å². The van der Waals surface area contributed by atoms with Gasteiger partial charge in [-0.25, -0.2) is 4.98 Å². The Morgan fingerprint density at radius 3 is 2.73 bits per heavy atom. The molecule has 2 N–H and O–H groups in total. The molecule has 0 aliphatic heterocycles. The fourth-order valence-electron chi connectivity index (χ4n) is 6.25. The molecule has 0 spiro atoms. The molecule has 6 nitrogen and oxygen atoms in total. The molecule has 0 unspecified atom stereocenters. The number of amides is 1. The third kappa shape index (κ3) is 2.27. The molecule has 1 aromatic heterocycles. The molecule has 26 heavy (non-hydrogen) atoms. The lowest BCUT2D eigenvalue weighted by Crippen LogP contribution is -2.64. The van der Waals surface area contributed by atoms with Gasteiger partial charge in [-0.3, -0.25) is 9.59 Å². The van der Waals surface area contributed by atoms with Crippen molar-refractivity contribution in [3.63, 3.8) is 0 Å². The first-order valence-corrected chi connectivity index (χ1v) is 9.35. The molecule has 4 saturated carbocycles. The van der Waals surface area contributed by atoms with E-state index >= 15 is 0 Å². The molecule has 6 rings (SSSR count). The van der Waals surface area contributed by atoms with E-state index in [2.05, 4.69) is 15.3 Å². The summed E-state index contributed by atoms with van der Waals surface area (Å²) in [5.41, 5.74) is 1.65. The summed E-state index contributed by atoms with van der Waals surface area (Å²) in [5.74, 6) is 0.851. The summed E-state index contributed by atoms with van der Waals surface area (Å²) in [6, 6.07) is 5.51. The van der Waals surface area contributed by atoms with E-state index in [-0.39, 0.29) is 17.4 Å². The van der Waals surface area contributed by atoms with Gasteiger partial charge in [-0.15, -0.1) is 0 Å². The summed E-state index contributed by atoms with van der Waals surface area (Å²) in [5, 5.41) is 3.32. The van der Waals surface area contributed by atoms with Gasteiger partial charge in [0.2, 0.25) is 0 Å². The molecule has 4 aliphatic rings. The van der Waals surface area contributed by atoms with Gasteiger partial charge in [0.25, 0.3) is 5.91 Å². The highest BCUT2D eigenvalue weighted by molar-refractivity contribution is 5.97. The smallest absolute Gasteiger partial charge is 0.311 e. The Morgan fingerprint density at radius 1 is 1.23 bits per heavy atom. The summed E-state index contributed by atoms with van der Waals surface area (Å²) in [7, 11) is 1.48. The van der Waals surface area contributed by atoms with Gasteiger partial charge in [0.15, 0.2) is 0 Å². The van der Waals surface area contributed by atoms with Gasteiger partial charge in [0.1, 0.15) is 0 Å². The first kappa shape index (κ1) is 15.9. The van der Waals surface area contributed by atoms with Gasteiger partial charge in [0.05, 0.1) is 29.9 Å². The Kier molecular flexibility index (Phi) is 3.24. The molecule has 4 aliphatic carbocycles. The number of H-pyrrole nitrogens is 1. The maximum absolute atomic E-state index is 13.0. The van der Waals surface area contributed by atoms with Crippen LogP contribution in [0.5, 0.6) is 0 Å². The summed E-state index contributed by atoms with van der Waals surface area (Å²) in [6.45, 7) is 0. The second kappa shape index (κ2) is 5.32. The molecule has 6 heteroatoms. The second-order valence-electron chi connectivity index (χ2n) is 8.60. The summed E-state index contributed by atoms with van der Waals surface area (Å²) in [6.07, 6.45) is 7.28. The number of methoxy groups -OCH3 is 1. The molecule has 1 amide bonds. The molecule has 1 heterocycles. The normalized spacial score (nSPS) is 34.8. The highest BCUT2D eigenvalue weighted by atomic mass is 16.5. The standard InChI is InChI=1S/C20H23N3O3/c1-26-18(25)19-6-12-4-13(7-19)9-20(8-12,10-19)23-17(24)14-2-3-15-16(5-14)22-11-21-15/h2-3,5,11-13H,4,6-10H2,1H3,(H,21,22)(H,23,24)/t12-,13-,19?,20?/m1/s1. The van der Waals surface area contributed by atoms with Crippen molar-refractivity contribution in [1.82, 2.24) is 15.3 Å². The van der Waals surface area contributed by atoms with Crippen LogP contribution in [0.1, 0.15) is 48.9 Å². The van der Waals surface area contributed by atoms with E-state index in [1.54, 1.807) is 6.33 Å². The van der Waals surface area contributed by atoms with Crippen molar-refractivity contribution in [2.75, 3.05) is 7.11 Å². The van der Waals surface area contributed by atoms with Gasteiger partial charge in [0, 0.05) is 11.1 Å². The zero-order valence-electron chi connectivity index (χ0n) is 14.9. The Morgan fingerprint density at radius 2 is 2.00 bits per heavy atom. The van der Waals surface area contributed by atoms with Crippen molar-refractivity contribution < 1.29 is 14.3 Å². The van der Waals surface area contributed by atoms with Crippen LogP contribution < -0.4 is 5.32 Å². The molecule has 0 saturated heterocycles. The van der Waals surface area contributed by atoms with Crippen LogP contribution in [0.2, 0.25) is 0 Å². The third-order valence-corrected chi connectivity index (χ3v) is 6.74. The first-order chi connectivity index (χ1) is 12.5. The fraction of sp³-hybridized carbons (Fsp3) is 0.550. The SMILES string of the molecule is COC(=O)C12C[C@H]3C[C@@H](CC(NC(=O)c4ccc5nc[nH]c5c4)(C3)C1)C2. The molecular formula is C20H23N3O3. The highest BCUT2D eigenvalue weighted by Gasteiger charge is 2.61. The minimum Gasteiger partial charge on any atom is -0.469 e. The zero-order chi connectivity index (χ0) is 17.9. The minimum atomic E-state index is -0.403. The van der Waals surface area contributed by atoms with Gasteiger partial charge < -0.3 is 15.0 Å². The lowest BCUT2D eigenvalue weighted by Gasteiger charge is -2.60. The van der Waals surface area contributed by atoms with Crippen molar-refractivity contribution in [1.29, 1.82) is 0 Å². The van der Waals surface area contributed by atoms with Crippen LogP contribution in [-0.4, -0.2) is 34.5 Å². The van der Waals surface area contributed by atoms with Crippen molar-refractivity contribution in [3.05, 3.63) is 30.1 Å². The topological polar surface area (TPSA) is 84.1 Å². The number of nitrogens with one attached hydrogen (secondary N) is 2. The Bertz CT molecular complexity index is 889. The summed E-state index contributed by atoms with van der Waals surface area (Å²) < 4.78 is 5.15. The van der Waals surface area contributed by atoms with Gasteiger partial charge in [-0.1, -0.05) is 0 Å². The maximum Gasteiger partial charge on any atom is 0.311 e. The van der Waals surface area contributed by atoms with Gasteiger partial charge >= 0.3 is 5.97 Å². The largest absolute Gasteiger partial charge is 0.469 e. The van der Waals surface area contributed by atoms with Gasteiger partial charge in [-0.05, 0) is 68.6 Å². The molecule has 1 aromatic carbocycles. The monoisotopic (exact) mass is 353 g/mol. The highest BCUT2D eigenvalue weighted by Crippen LogP contribution is 2.62. The Hall–Kier alpha value is -2.37. The van der Waals surface area contributed by atoms with Crippen LogP contribution in [-0.2, 0) is 9.53 Å². The molecule has 4 bridgehead atoms. The molecule has 4 fully saturated rings. The van der Waals surface area contributed by atoms with Crippen molar-refractivity contribution in [2.45, 2.75) is 44.1 Å². The average molecular weight is 353 g/mol. The van der Waals surface area contributed by atoms with Crippen molar-refractivity contribution in [2.24, 2.45) is 17.3 Å². The minimum absolute atomic E-state index is 0.0662. The number of carbonyl (C=O) groups excluding carboxylic acids is 2. The van der Waals surface area contributed by atoms with E-state index < -0.39 is 5.41 Å². The van der Waals surface area contributed by atoms with E-state index in [0.29, 0.717) is 23.8 Å². The number of esters is 1. The average Bonchev–Trinajstić information content (AvgIpc) is 3.07. The number of imidazole rings is 1. The first-order valence-electron chi connectivity index (χ1n) is 9.35. The molecule has 136 valence electrons. The van der Waals surface area contributed by atoms with Crippen LogP contribution in [0.4, 0.5) is 0 Å². The van der Waals surface area contributed by atoms with Gasteiger partial charge in [-0.2, -0.15) is 0 Å². The number of hydrogen-bond acceptors (Lipinski definition) is 4. The van der Waals surface area contributed by atoms with Crippen molar-refractivity contribution >= 4 is 22.9 Å². The summed E-state index contributed by atoms with van der Waals surface area (Å²) >= 11 is 0. The van der Waals surface area contributed by atoms with Crippen LogP contribution in [0.25, 0.3) is 11.0 Å². The molecule has 0 radical (unpaired) electrons. The van der Waals surface area contributed by atoms with Crippen LogP contribution in [0, 0.1) is 17.3 Å². The van der Waals surface area contributed by atoms with E-state index in [9.17, 15) is 9.59 Å². The number of benzene rings is 1. The molecule has 2 atom stereocenters. The van der Waals surface area contributed by atoms with Crippen molar-refractivity contribution in [3.8, 4) is 0 Å². The number of fused-ring (bicyclic) bond motifs is 1. The number of carbonyl (C=O) groups is 2. The second-order valence-corrected chi connectivity index (χ2v) is 8.60. The number of aromatic amines is 1. The number of hydrogen-bond donors (Lipinski definition) is 2. The van der Waals surface area contributed by atoms with E-state index in [0.717, 1.165) is 36.7 Å². The van der Waals surface area contributed by atoms with Crippen LogP contribution in [0.15, 0.2) is 24.5 Å².